The summed E-state index contributed by atoms with van der Waals surface area (Å²) in [5, 5.41) is 0. The monoisotopic (exact) mass is 313 g/mol. The van der Waals surface area contributed by atoms with E-state index in [-0.39, 0.29) is 6.04 Å². The molecule has 3 nitrogen and oxygen atoms in total. The molecule has 1 unspecified atom stereocenters. The standard InChI is InChI=1S/C21H19N3/c1-15-11-13-16(14-12-15)20(22)21-23-18-9-5-6-10-19(18)24(21)17-7-3-2-4-8-17/h2-14,20H,22H2,1H3. The van der Waals surface area contributed by atoms with Crippen LogP contribution < -0.4 is 5.73 Å². The largest absolute Gasteiger partial charge is 0.318 e. The second-order valence-electron chi connectivity index (χ2n) is 6.02. The van der Waals surface area contributed by atoms with Crippen LogP contribution in [0.2, 0.25) is 0 Å². The summed E-state index contributed by atoms with van der Waals surface area (Å²) < 4.78 is 2.15. The van der Waals surface area contributed by atoms with Crippen LogP contribution in [0.3, 0.4) is 0 Å². The van der Waals surface area contributed by atoms with E-state index in [0.717, 1.165) is 28.1 Å². The van der Waals surface area contributed by atoms with Crippen LogP contribution in [0.25, 0.3) is 16.7 Å². The Morgan fingerprint density at radius 2 is 1.50 bits per heavy atom. The first kappa shape index (κ1) is 14.7. The van der Waals surface area contributed by atoms with Crippen molar-refractivity contribution in [2.24, 2.45) is 5.73 Å². The predicted molar refractivity (Wildman–Crippen MR) is 98.3 cm³/mol. The molecule has 0 aliphatic rings. The van der Waals surface area contributed by atoms with Crippen molar-refractivity contribution in [2.75, 3.05) is 0 Å². The van der Waals surface area contributed by atoms with Crippen LogP contribution in [-0.4, -0.2) is 9.55 Å². The Kier molecular flexibility index (Phi) is 3.63. The van der Waals surface area contributed by atoms with Gasteiger partial charge in [0, 0.05) is 5.69 Å². The number of para-hydroxylation sites is 3. The molecule has 0 spiro atoms. The Labute approximate surface area is 141 Å². The lowest BCUT2D eigenvalue weighted by molar-refractivity contribution is 0.766. The van der Waals surface area contributed by atoms with E-state index in [0.29, 0.717) is 0 Å². The lowest BCUT2D eigenvalue weighted by Gasteiger charge is -2.15. The average Bonchev–Trinajstić information content (AvgIpc) is 3.02. The molecule has 0 saturated carbocycles. The van der Waals surface area contributed by atoms with Crippen molar-refractivity contribution in [2.45, 2.75) is 13.0 Å². The lowest BCUT2D eigenvalue weighted by atomic mass is 10.1. The third-order valence-electron chi connectivity index (χ3n) is 4.32. The smallest absolute Gasteiger partial charge is 0.136 e. The molecule has 0 radical (unpaired) electrons. The highest BCUT2D eigenvalue weighted by Crippen LogP contribution is 2.27. The molecule has 4 rings (SSSR count). The first-order valence-electron chi connectivity index (χ1n) is 8.09. The summed E-state index contributed by atoms with van der Waals surface area (Å²) >= 11 is 0. The summed E-state index contributed by atoms with van der Waals surface area (Å²) in [4.78, 5) is 4.83. The van der Waals surface area contributed by atoms with Gasteiger partial charge in [0.1, 0.15) is 5.82 Å². The fourth-order valence-electron chi connectivity index (χ4n) is 3.02. The first-order valence-corrected chi connectivity index (χ1v) is 8.09. The second-order valence-corrected chi connectivity index (χ2v) is 6.02. The van der Waals surface area contributed by atoms with Crippen LogP contribution in [0.15, 0.2) is 78.9 Å². The van der Waals surface area contributed by atoms with Crippen molar-refractivity contribution < 1.29 is 0 Å². The molecule has 0 aliphatic heterocycles. The Bertz CT molecular complexity index is 969. The molecule has 3 aromatic carbocycles. The molecule has 118 valence electrons. The van der Waals surface area contributed by atoms with E-state index in [2.05, 4.69) is 54.0 Å². The van der Waals surface area contributed by atoms with Crippen molar-refractivity contribution in [1.29, 1.82) is 0 Å². The number of fused-ring (bicyclic) bond motifs is 1. The predicted octanol–water partition coefficient (Wildman–Crippen LogP) is 4.38. The number of hydrogen-bond acceptors (Lipinski definition) is 2. The SMILES string of the molecule is Cc1ccc(C(N)c2nc3ccccc3n2-c2ccccc2)cc1. The molecular formula is C21H19N3. The normalized spacial score (nSPS) is 12.4. The van der Waals surface area contributed by atoms with E-state index in [1.165, 1.54) is 5.56 Å². The molecule has 0 amide bonds. The van der Waals surface area contributed by atoms with E-state index in [4.69, 9.17) is 10.7 Å². The van der Waals surface area contributed by atoms with Gasteiger partial charge in [0.2, 0.25) is 0 Å². The van der Waals surface area contributed by atoms with E-state index in [1.807, 2.05) is 36.4 Å². The van der Waals surface area contributed by atoms with Gasteiger partial charge in [0.15, 0.2) is 0 Å². The molecule has 0 fully saturated rings. The molecule has 1 aromatic heterocycles. The number of hydrogen-bond donors (Lipinski definition) is 1. The van der Waals surface area contributed by atoms with Crippen molar-refractivity contribution in [3.63, 3.8) is 0 Å². The van der Waals surface area contributed by atoms with E-state index < -0.39 is 0 Å². The fourth-order valence-corrected chi connectivity index (χ4v) is 3.02. The molecule has 0 bridgehead atoms. The van der Waals surface area contributed by atoms with E-state index >= 15 is 0 Å². The summed E-state index contributed by atoms with van der Waals surface area (Å²) in [6.45, 7) is 2.08. The maximum atomic E-state index is 6.59. The van der Waals surface area contributed by atoms with Crippen LogP contribution in [0.4, 0.5) is 0 Å². The van der Waals surface area contributed by atoms with Crippen LogP contribution >= 0.6 is 0 Å². The highest BCUT2D eigenvalue weighted by molar-refractivity contribution is 5.78. The van der Waals surface area contributed by atoms with Crippen molar-refractivity contribution >= 4 is 11.0 Å². The van der Waals surface area contributed by atoms with Crippen molar-refractivity contribution in [1.82, 2.24) is 9.55 Å². The van der Waals surface area contributed by atoms with Gasteiger partial charge in [-0.25, -0.2) is 4.98 Å². The van der Waals surface area contributed by atoms with Crippen LogP contribution in [0.1, 0.15) is 23.0 Å². The Morgan fingerprint density at radius 3 is 2.25 bits per heavy atom. The van der Waals surface area contributed by atoms with Crippen LogP contribution in [0, 0.1) is 6.92 Å². The minimum atomic E-state index is -0.279. The molecule has 2 N–H and O–H groups in total. The van der Waals surface area contributed by atoms with Crippen LogP contribution in [0.5, 0.6) is 0 Å². The van der Waals surface area contributed by atoms with E-state index in [1.54, 1.807) is 0 Å². The molecule has 1 heterocycles. The van der Waals surface area contributed by atoms with Gasteiger partial charge in [-0.1, -0.05) is 60.2 Å². The minimum absolute atomic E-state index is 0.279. The van der Waals surface area contributed by atoms with Gasteiger partial charge in [0.05, 0.1) is 17.1 Å². The molecule has 0 aliphatic carbocycles. The molecule has 24 heavy (non-hydrogen) atoms. The molecular weight excluding hydrogens is 294 g/mol. The number of nitrogens with two attached hydrogens (primary N) is 1. The fraction of sp³-hybridized carbons (Fsp3) is 0.0952. The van der Waals surface area contributed by atoms with Gasteiger partial charge in [-0.05, 0) is 36.8 Å². The third-order valence-corrected chi connectivity index (χ3v) is 4.32. The number of aryl methyl sites for hydroxylation is 1. The highest BCUT2D eigenvalue weighted by atomic mass is 15.1. The minimum Gasteiger partial charge on any atom is -0.318 e. The summed E-state index contributed by atoms with van der Waals surface area (Å²) in [6.07, 6.45) is 0. The van der Waals surface area contributed by atoms with Gasteiger partial charge >= 0.3 is 0 Å². The number of nitrogens with zero attached hydrogens (tertiary/aromatic N) is 2. The Morgan fingerprint density at radius 1 is 0.833 bits per heavy atom. The zero-order valence-electron chi connectivity index (χ0n) is 13.6. The van der Waals surface area contributed by atoms with Gasteiger partial charge in [0.25, 0.3) is 0 Å². The van der Waals surface area contributed by atoms with Gasteiger partial charge < -0.3 is 5.73 Å². The summed E-state index contributed by atoms with van der Waals surface area (Å²) in [5.74, 6) is 0.853. The molecule has 0 saturated heterocycles. The quantitative estimate of drug-likeness (QED) is 0.610. The number of imidazole rings is 1. The average molecular weight is 313 g/mol. The maximum absolute atomic E-state index is 6.59. The van der Waals surface area contributed by atoms with Gasteiger partial charge in [-0.2, -0.15) is 0 Å². The summed E-state index contributed by atoms with van der Waals surface area (Å²) in [6, 6.07) is 26.5. The number of benzene rings is 3. The first-order chi connectivity index (χ1) is 11.7. The topological polar surface area (TPSA) is 43.8 Å². The zero-order valence-corrected chi connectivity index (χ0v) is 13.6. The number of aromatic nitrogens is 2. The summed E-state index contributed by atoms with van der Waals surface area (Å²) in [5.41, 5.74) is 12.0. The highest BCUT2D eigenvalue weighted by Gasteiger charge is 2.19. The van der Waals surface area contributed by atoms with Gasteiger partial charge in [-0.15, -0.1) is 0 Å². The van der Waals surface area contributed by atoms with Crippen LogP contribution in [-0.2, 0) is 0 Å². The summed E-state index contributed by atoms with van der Waals surface area (Å²) in [7, 11) is 0. The van der Waals surface area contributed by atoms with Crippen molar-refractivity contribution in [3.8, 4) is 5.69 Å². The maximum Gasteiger partial charge on any atom is 0.136 e. The third kappa shape index (κ3) is 2.49. The van der Waals surface area contributed by atoms with E-state index in [9.17, 15) is 0 Å². The Balaban J connectivity index is 1.93. The molecule has 3 heteroatoms. The molecule has 4 aromatic rings. The second kappa shape index (κ2) is 5.95. The van der Waals surface area contributed by atoms with Gasteiger partial charge in [-0.3, -0.25) is 4.57 Å². The van der Waals surface area contributed by atoms with Crippen molar-refractivity contribution in [3.05, 3.63) is 95.8 Å². The molecule has 1 atom stereocenters. The number of rotatable bonds is 3. The zero-order chi connectivity index (χ0) is 16.5. The lowest BCUT2D eigenvalue weighted by Crippen LogP contribution is -2.17. The Hall–Kier alpha value is -2.91.